The van der Waals surface area contributed by atoms with Gasteiger partial charge in [-0.25, -0.2) is 0 Å². The van der Waals surface area contributed by atoms with Crippen LogP contribution >= 0.6 is 12.4 Å². The van der Waals surface area contributed by atoms with Crippen LogP contribution in [0.25, 0.3) is 0 Å². The number of ether oxygens (including phenoxy) is 1. The lowest BCUT2D eigenvalue weighted by Crippen LogP contribution is -2.24. The zero-order chi connectivity index (χ0) is 9.14. The van der Waals surface area contributed by atoms with Crippen molar-refractivity contribution in [2.45, 2.75) is 12.8 Å². The Morgan fingerprint density at radius 2 is 2.31 bits per heavy atom. The molecule has 0 aromatic carbocycles. The number of rotatable bonds is 2. The minimum Gasteiger partial charge on any atom is -0.469 e. The highest BCUT2D eigenvalue weighted by Gasteiger charge is 2.30. The Morgan fingerprint density at radius 1 is 1.69 bits per heavy atom. The van der Waals surface area contributed by atoms with Crippen molar-refractivity contribution in [1.82, 2.24) is 4.90 Å². The van der Waals surface area contributed by atoms with Gasteiger partial charge in [0.15, 0.2) is 0 Å². The van der Waals surface area contributed by atoms with E-state index in [1.54, 1.807) is 11.9 Å². The number of halogens is 1. The average molecular weight is 208 g/mol. The van der Waals surface area contributed by atoms with Crippen LogP contribution in [0.15, 0.2) is 0 Å². The molecule has 0 spiro atoms. The third kappa shape index (κ3) is 2.88. The number of hydrogen-bond acceptors (Lipinski definition) is 3. The van der Waals surface area contributed by atoms with Gasteiger partial charge < -0.3 is 9.64 Å². The Bertz CT molecular complexity index is 208. The summed E-state index contributed by atoms with van der Waals surface area (Å²) in [4.78, 5) is 23.7. The van der Waals surface area contributed by atoms with Crippen molar-refractivity contribution in [2.75, 3.05) is 20.7 Å². The summed E-state index contributed by atoms with van der Waals surface area (Å²) >= 11 is 0. The third-order valence-electron chi connectivity index (χ3n) is 2.18. The van der Waals surface area contributed by atoms with Crippen molar-refractivity contribution < 1.29 is 14.3 Å². The normalized spacial score (nSPS) is 21.2. The van der Waals surface area contributed by atoms with Crippen molar-refractivity contribution in [2.24, 2.45) is 5.92 Å². The van der Waals surface area contributed by atoms with E-state index in [0.29, 0.717) is 0 Å². The molecule has 1 unspecified atom stereocenters. The summed E-state index contributed by atoms with van der Waals surface area (Å²) in [6.07, 6.45) is 0.990. The van der Waals surface area contributed by atoms with Crippen molar-refractivity contribution in [3.63, 3.8) is 0 Å². The van der Waals surface area contributed by atoms with Gasteiger partial charge in [-0.15, -0.1) is 12.4 Å². The first-order valence-corrected chi connectivity index (χ1v) is 3.97. The molecule has 1 saturated heterocycles. The van der Waals surface area contributed by atoms with Gasteiger partial charge >= 0.3 is 5.97 Å². The van der Waals surface area contributed by atoms with E-state index in [2.05, 4.69) is 4.74 Å². The quantitative estimate of drug-likeness (QED) is 0.618. The Balaban J connectivity index is 0.00000144. The number of hydrogen-bond donors (Lipinski definition) is 0. The molecule has 1 atom stereocenters. The first-order valence-electron chi connectivity index (χ1n) is 3.97. The topological polar surface area (TPSA) is 46.6 Å². The SMILES string of the molecule is COC(=O)CC1CCN(C)C1=O.Cl. The molecule has 4 nitrogen and oxygen atoms in total. The summed E-state index contributed by atoms with van der Waals surface area (Å²) in [6, 6.07) is 0. The number of carbonyl (C=O) groups is 2. The van der Waals surface area contributed by atoms with Gasteiger partial charge in [0.25, 0.3) is 0 Å². The lowest BCUT2D eigenvalue weighted by molar-refractivity contribution is -0.144. The van der Waals surface area contributed by atoms with Crippen molar-refractivity contribution in [3.05, 3.63) is 0 Å². The third-order valence-corrected chi connectivity index (χ3v) is 2.18. The van der Waals surface area contributed by atoms with E-state index in [4.69, 9.17) is 0 Å². The van der Waals surface area contributed by atoms with E-state index in [9.17, 15) is 9.59 Å². The van der Waals surface area contributed by atoms with Gasteiger partial charge in [-0.3, -0.25) is 9.59 Å². The van der Waals surface area contributed by atoms with E-state index < -0.39 is 0 Å². The molecule has 1 aliphatic heterocycles. The second-order valence-electron chi connectivity index (χ2n) is 3.03. The van der Waals surface area contributed by atoms with Crippen LogP contribution in [0.1, 0.15) is 12.8 Å². The van der Waals surface area contributed by atoms with E-state index >= 15 is 0 Å². The molecule has 0 bridgehead atoms. The second kappa shape index (κ2) is 5.07. The smallest absolute Gasteiger partial charge is 0.306 e. The lowest BCUT2D eigenvalue weighted by atomic mass is 10.0. The molecule has 0 aromatic rings. The first-order chi connectivity index (χ1) is 5.65. The number of nitrogens with zero attached hydrogens (tertiary/aromatic N) is 1. The Hall–Kier alpha value is -0.770. The maximum Gasteiger partial charge on any atom is 0.306 e. The van der Waals surface area contributed by atoms with Gasteiger partial charge in [0.05, 0.1) is 19.4 Å². The zero-order valence-corrected chi connectivity index (χ0v) is 8.60. The molecule has 1 amide bonds. The first kappa shape index (κ1) is 12.2. The molecule has 5 heteroatoms. The predicted molar refractivity (Wildman–Crippen MR) is 49.6 cm³/mol. The molecule has 13 heavy (non-hydrogen) atoms. The van der Waals surface area contributed by atoms with Gasteiger partial charge in [-0.2, -0.15) is 0 Å². The number of likely N-dealkylation sites (tertiary alicyclic amines) is 1. The second-order valence-corrected chi connectivity index (χ2v) is 3.03. The monoisotopic (exact) mass is 207 g/mol. The zero-order valence-electron chi connectivity index (χ0n) is 7.78. The van der Waals surface area contributed by atoms with Crippen LogP contribution in [0.2, 0.25) is 0 Å². The molecule has 1 heterocycles. The molecular formula is C8H14ClNO3. The Labute approximate surface area is 83.6 Å². The molecule has 0 aliphatic carbocycles. The van der Waals surface area contributed by atoms with E-state index in [-0.39, 0.29) is 36.6 Å². The molecule has 1 fully saturated rings. The summed E-state index contributed by atoms with van der Waals surface area (Å²) in [6.45, 7) is 0.750. The van der Waals surface area contributed by atoms with Gasteiger partial charge in [0.1, 0.15) is 0 Å². The molecule has 0 N–H and O–H groups in total. The molecule has 0 aromatic heterocycles. The summed E-state index contributed by atoms with van der Waals surface area (Å²) in [5.41, 5.74) is 0. The van der Waals surface area contributed by atoms with Crippen molar-refractivity contribution >= 4 is 24.3 Å². The minimum absolute atomic E-state index is 0. The fourth-order valence-corrected chi connectivity index (χ4v) is 1.37. The Kier molecular flexibility index (Phi) is 4.77. The maximum absolute atomic E-state index is 11.3. The maximum atomic E-state index is 11.3. The highest BCUT2D eigenvalue weighted by molar-refractivity contribution is 5.85. The predicted octanol–water partition coefficient (Wildman–Crippen LogP) is 0.450. The van der Waals surface area contributed by atoms with Crippen molar-refractivity contribution in [3.8, 4) is 0 Å². The van der Waals surface area contributed by atoms with E-state index in [1.807, 2.05) is 0 Å². The molecule has 1 rings (SSSR count). The van der Waals surface area contributed by atoms with E-state index in [1.165, 1.54) is 7.11 Å². The summed E-state index contributed by atoms with van der Waals surface area (Å²) in [5.74, 6) is -0.397. The van der Waals surface area contributed by atoms with Gasteiger partial charge in [-0.05, 0) is 6.42 Å². The van der Waals surface area contributed by atoms with Crippen LogP contribution < -0.4 is 0 Å². The van der Waals surface area contributed by atoms with Crippen molar-refractivity contribution in [1.29, 1.82) is 0 Å². The molecular weight excluding hydrogens is 194 g/mol. The standard InChI is InChI=1S/C8H13NO3.ClH/c1-9-4-3-6(8(9)11)5-7(10)12-2;/h6H,3-5H2,1-2H3;1H. The fraction of sp³-hybridized carbons (Fsp3) is 0.750. The van der Waals surface area contributed by atoms with Crippen LogP contribution in [-0.2, 0) is 14.3 Å². The molecule has 0 saturated carbocycles. The Morgan fingerprint density at radius 3 is 2.69 bits per heavy atom. The summed E-state index contributed by atoms with van der Waals surface area (Å²) < 4.78 is 4.49. The summed E-state index contributed by atoms with van der Waals surface area (Å²) in [5, 5.41) is 0. The van der Waals surface area contributed by atoms with Crippen LogP contribution in [0.5, 0.6) is 0 Å². The molecule has 0 radical (unpaired) electrons. The minimum atomic E-state index is -0.302. The lowest BCUT2D eigenvalue weighted by Gasteiger charge is -2.08. The highest BCUT2D eigenvalue weighted by atomic mass is 35.5. The summed E-state index contributed by atoms with van der Waals surface area (Å²) in [7, 11) is 3.09. The van der Waals surface area contributed by atoms with Crippen LogP contribution in [0, 0.1) is 5.92 Å². The molecule has 76 valence electrons. The fourth-order valence-electron chi connectivity index (χ4n) is 1.37. The highest BCUT2D eigenvalue weighted by Crippen LogP contribution is 2.19. The average Bonchev–Trinajstić information content (AvgIpc) is 2.36. The van der Waals surface area contributed by atoms with Crippen LogP contribution in [0.4, 0.5) is 0 Å². The van der Waals surface area contributed by atoms with Crippen LogP contribution in [0.3, 0.4) is 0 Å². The van der Waals surface area contributed by atoms with Crippen LogP contribution in [-0.4, -0.2) is 37.5 Å². The number of methoxy groups -OCH3 is 1. The van der Waals surface area contributed by atoms with Gasteiger partial charge in [-0.1, -0.05) is 0 Å². The number of esters is 1. The van der Waals surface area contributed by atoms with E-state index in [0.717, 1.165) is 13.0 Å². The molecule has 1 aliphatic rings. The van der Waals surface area contributed by atoms with Gasteiger partial charge in [0.2, 0.25) is 5.91 Å². The number of amides is 1. The van der Waals surface area contributed by atoms with Gasteiger partial charge in [0, 0.05) is 13.6 Å². The number of carbonyl (C=O) groups excluding carboxylic acids is 2. The largest absolute Gasteiger partial charge is 0.469 e.